The number of amides is 1. The summed E-state index contributed by atoms with van der Waals surface area (Å²) >= 11 is 0. The fraction of sp³-hybridized carbons (Fsp3) is 0.450. The molecular formula is C20H23N3O3. The number of rotatable bonds is 6. The maximum absolute atomic E-state index is 12.4. The van der Waals surface area contributed by atoms with Gasteiger partial charge in [-0.2, -0.15) is 0 Å². The molecule has 0 radical (unpaired) electrons. The average molecular weight is 353 g/mol. The van der Waals surface area contributed by atoms with Crippen LogP contribution in [0.5, 0.6) is 0 Å². The van der Waals surface area contributed by atoms with Gasteiger partial charge in [-0.05, 0) is 49.1 Å². The summed E-state index contributed by atoms with van der Waals surface area (Å²) in [4.78, 5) is 39.3. The minimum absolute atomic E-state index is 0.0120. The van der Waals surface area contributed by atoms with E-state index in [1.54, 1.807) is 24.3 Å². The fourth-order valence-corrected chi connectivity index (χ4v) is 4.26. The van der Waals surface area contributed by atoms with Gasteiger partial charge >= 0.3 is 5.69 Å². The minimum Gasteiger partial charge on any atom is -0.356 e. The second-order valence-corrected chi connectivity index (χ2v) is 7.38. The lowest BCUT2D eigenvalue weighted by Gasteiger charge is -2.18. The third-order valence-corrected chi connectivity index (χ3v) is 5.65. The normalized spacial score (nSPS) is 23.6. The number of nitrogens with zero attached hydrogens (tertiary/aromatic N) is 1. The van der Waals surface area contributed by atoms with Crippen molar-refractivity contribution in [3.63, 3.8) is 0 Å². The number of aromatic amines is 1. The summed E-state index contributed by atoms with van der Waals surface area (Å²) in [7, 11) is 0. The van der Waals surface area contributed by atoms with Crippen molar-refractivity contribution in [1.29, 1.82) is 0 Å². The van der Waals surface area contributed by atoms with Gasteiger partial charge in [-0.25, -0.2) is 4.79 Å². The van der Waals surface area contributed by atoms with Crippen LogP contribution in [-0.2, 0) is 11.3 Å². The molecule has 2 bridgehead atoms. The first-order chi connectivity index (χ1) is 12.6. The molecule has 26 heavy (non-hydrogen) atoms. The summed E-state index contributed by atoms with van der Waals surface area (Å²) in [6.45, 7) is 0.962. The second kappa shape index (κ2) is 6.94. The van der Waals surface area contributed by atoms with E-state index in [0.717, 1.165) is 6.54 Å². The predicted octanol–water partition coefficient (Wildman–Crippen LogP) is 1.80. The summed E-state index contributed by atoms with van der Waals surface area (Å²) in [5.74, 6) is 1.87. The maximum atomic E-state index is 12.4. The molecule has 0 spiro atoms. The van der Waals surface area contributed by atoms with Crippen LogP contribution in [0.3, 0.4) is 0 Å². The molecule has 1 heterocycles. The number of para-hydroxylation sites is 1. The van der Waals surface area contributed by atoms with E-state index in [9.17, 15) is 14.4 Å². The standard InChI is InChI=1S/C20H23N3O3/c24-18(21-12-15-11-13-7-8-14(15)10-13)6-3-9-23-19(25)16-4-1-2-5-17(16)22-20(23)26/h1-2,4-5,7-8,13-15H,3,6,9-12H2,(H,21,24)(H,22,26)/t13-,14+,15-/m0/s1. The molecule has 1 amide bonds. The number of aromatic nitrogens is 2. The van der Waals surface area contributed by atoms with Crippen LogP contribution in [0.25, 0.3) is 10.9 Å². The Morgan fingerprint density at radius 2 is 2.04 bits per heavy atom. The highest BCUT2D eigenvalue weighted by Gasteiger charge is 2.35. The van der Waals surface area contributed by atoms with Gasteiger partial charge in [-0.15, -0.1) is 0 Å². The van der Waals surface area contributed by atoms with E-state index in [0.29, 0.717) is 41.5 Å². The Morgan fingerprint density at radius 3 is 2.81 bits per heavy atom. The zero-order valence-corrected chi connectivity index (χ0v) is 14.6. The minimum atomic E-state index is -0.428. The van der Waals surface area contributed by atoms with Gasteiger partial charge in [0.2, 0.25) is 5.91 Å². The molecule has 1 saturated carbocycles. The predicted molar refractivity (Wildman–Crippen MR) is 99.9 cm³/mol. The molecule has 1 aromatic carbocycles. The topological polar surface area (TPSA) is 84.0 Å². The van der Waals surface area contributed by atoms with Crippen molar-refractivity contribution < 1.29 is 4.79 Å². The number of hydrogen-bond donors (Lipinski definition) is 2. The van der Waals surface area contributed by atoms with Crippen molar-refractivity contribution in [3.8, 4) is 0 Å². The third-order valence-electron chi connectivity index (χ3n) is 5.65. The summed E-state index contributed by atoms with van der Waals surface area (Å²) < 4.78 is 1.18. The van der Waals surface area contributed by atoms with E-state index in [1.807, 2.05) is 0 Å². The molecule has 1 aromatic heterocycles. The summed E-state index contributed by atoms with van der Waals surface area (Å²) in [5.41, 5.74) is -0.196. The Morgan fingerprint density at radius 1 is 1.19 bits per heavy atom. The lowest BCUT2D eigenvalue weighted by atomic mass is 9.93. The highest BCUT2D eigenvalue weighted by atomic mass is 16.2. The summed E-state index contributed by atoms with van der Waals surface area (Å²) in [5, 5.41) is 3.50. The van der Waals surface area contributed by atoms with Crippen molar-refractivity contribution in [2.45, 2.75) is 32.2 Å². The number of benzene rings is 1. The molecule has 136 valence electrons. The Labute approximate surface area is 150 Å². The van der Waals surface area contributed by atoms with Crippen LogP contribution in [0.2, 0.25) is 0 Å². The van der Waals surface area contributed by atoms with Crippen LogP contribution < -0.4 is 16.6 Å². The summed E-state index contributed by atoms with van der Waals surface area (Å²) in [6.07, 6.45) is 7.75. The monoisotopic (exact) mass is 353 g/mol. The lowest BCUT2D eigenvalue weighted by molar-refractivity contribution is -0.121. The molecule has 2 aliphatic carbocycles. The first-order valence-electron chi connectivity index (χ1n) is 9.28. The van der Waals surface area contributed by atoms with Gasteiger partial charge in [0.15, 0.2) is 0 Å². The van der Waals surface area contributed by atoms with E-state index in [4.69, 9.17) is 0 Å². The Bertz CT molecular complexity index is 972. The molecule has 4 rings (SSSR count). The first-order valence-corrected chi connectivity index (χ1v) is 9.28. The fourth-order valence-electron chi connectivity index (χ4n) is 4.26. The van der Waals surface area contributed by atoms with Crippen LogP contribution in [0, 0.1) is 17.8 Å². The molecule has 3 atom stereocenters. The third kappa shape index (κ3) is 3.23. The quantitative estimate of drug-likeness (QED) is 0.777. The Balaban J connectivity index is 1.31. The smallest absolute Gasteiger partial charge is 0.328 e. The molecule has 2 aromatic rings. The molecule has 0 aliphatic heterocycles. The van der Waals surface area contributed by atoms with Gasteiger partial charge in [0.05, 0.1) is 10.9 Å². The van der Waals surface area contributed by atoms with E-state index in [-0.39, 0.29) is 18.0 Å². The van der Waals surface area contributed by atoms with Crippen LogP contribution in [0.1, 0.15) is 25.7 Å². The molecular weight excluding hydrogens is 330 g/mol. The average Bonchev–Trinajstić information content (AvgIpc) is 3.26. The number of H-pyrrole nitrogens is 1. The highest BCUT2D eigenvalue weighted by Crippen LogP contribution is 2.42. The number of nitrogens with one attached hydrogen (secondary N) is 2. The number of carbonyl (C=O) groups is 1. The van der Waals surface area contributed by atoms with Crippen LogP contribution in [-0.4, -0.2) is 22.0 Å². The van der Waals surface area contributed by atoms with Gasteiger partial charge < -0.3 is 10.3 Å². The maximum Gasteiger partial charge on any atom is 0.328 e. The van der Waals surface area contributed by atoms with E-state index in [1.165, 1.54) is 17.4 Å². The van der Waals surface area contributed by atoms with Gasteiger partial charge in [-0.1, -0.05) is 24.3 Å². The van der Waals surface area contributed by atoms with Crippen molar-refractivity contribution in [1.82, 2.24) is 14.9 Å². The molecule has 2 aliphatic rings. The molecule has 0 unspecified atom stereocenters. The lowest BCUT2D eigenvalue weighted by Crippen LogP contribution is -2.35. The van der Waals surface area contributed by atoms with E-state index in [2.05, 4.69) is 22.5 Å². The first kappa shape index (κ1) is 16.8. The molecule has 6 heteroatoms. The second-order valence-electron chi connectivity index (χ2n) is 7.38. The van der Waals surface area contributed by atoms with Gasteiger partial charge in [0.25, 0.3) is 5.56 Å². The van der Waals surface area contributed by atoms with Crippen LogP contribution >= 0.6 is 0 Å². The molecule has 0 saturated heterocycles. The van der Waals surface area contributed by atoms with Gasteiger partial charge in [-0.3, -0.25) is 14.2 Å². The van der Waals surface area contributed by atoms with Crippen LogP contribution in [0.4, 0.5) is 0 Å². The SMILES string of the molecule is O=C(CCCn1c(=O)[nH]c2ccccc2c1=O)NC[C@@H]1C[C@H]2C=C[C@@H]1C2. The zero-order chi connectivity index (χ0) is 18.1. The molecule has 2 N–H and O–H groups in total. The number of hydrogen-bond acceptors (Lipinski definition) is 3. The largest absolute Gasteiger partial charge is 0.356 e. The molecule has 6 nitrogen and oxygen atoms in total. The van der Waals surface area contributed by atoms with Gasteiger partial charge in [0.1, 0.15) is 0 Å². The van der Waals surface area contributed by atoms with Crippen molar-refractivity contribution >= 4 is 16.8 Å². The number of fused-ring (bicyclic) bond motifs is 3. The Kier molecular flexibility index (Phi) is 4.49. The zero-order valence-electron chi connectivity index (χ0n) is 14.6. The summed E-state index contributed by atoms with van der Waals surface area (Å²) in [6, 6.07) is 6.95. The number of allylic oxidation sites excluding steroid dienone is 2. The van der Waals surface area contributed by atoms with Crippen molar-refractivity contribution in [3.05, 3.63) is 57.3 Å². The van der Waals surface area contributed by atoms with Gasteiger partial charge in [0, 0.05) is 19.5 Å². The van der Waals surface area contributed by atoms with E-state index >= 15 is 0 Å². The Hall–Kier alpha value is -2.63. The van der Waals surface area contributed by atoms with Crippen LogP contribution in [0.15, 0.2) is 46.0 Å². The number of carbonyl (C=O) groups excluding carboxylic acids is 1. The van der Waals surface area contributed by atoms with Crippen molar-refractivity contribution in [2.75, 3.05) is 6.54 Å². The highest BCUT2D eigenvalue weighted by molar-refractivity contribution is 5.77. The van der Waals surface area contributed by atoms with E-state index < -0.39 is 5.69 Å². The van der Waals surface area contributed by atoms with Crippen molar-refractivity contribution in [2.24, 2.45) is 17.8 Å². The molecule has 1 fully saturated rings.